The van der Waals surface area contributed by atoms with E-state index >= 15 is 0 Å². The highest BCUT2D eigenvalue weighted by Gasteiger charge is 2.35. The molecule has 9 heteroatoms. The maximum atomic E-state index is 14.5. The standard InChI is InChI=1S/C27H35FN4O4/c1-17-14-32(18(2)16-33)26(34)22-12-19(21-10-6-7-11-23(21)28)13-29-25(22)36-24(17)15-31(3)27(35)30-20-8-4-5-9-20/h6-7,10-13,17-18,20,24,33H,4-5,8-9,14-16H2,1-3H3,(H,30,35)/t17-,18+,24-/m0/s1. The van der Waals surface area contributed by atoms with Gasteiger partial charge in [0, 0.05) is 42.9 Å². The number of halogens is 1. The van der Waals surface area contributed by atoms with E-state index in [-0.39, 0.29) is 41.9 Å². The number of hydrogen-bond donors (Lipinski definition) is 2. The fourth-order valence-electron chi connectivity index (χ4n) is 4.87. The van der Waals surface area contributed by atoms with Crippen molar-refractivity contribution in [2.45, 2.75) is 57.7 Å². The topological polar surface area (TPSA) is 95.0 Å². The number of hydrogen-bond acceptors (Lipinski definition) is 5. The van der Waals surface area contributed by atoms with Gasteiger partial charge >= 0.3 is 6.03 Å². The average molecular weight is 499 g/mol. The first-order chi connectivity index (χ1) is 17.3. The number of rotatable bonds is 6. The van der Waals surface area contributed by atoms with E-state index < -0.39 is 18.0 Å². The third-order valence-corrected chi connectivity index (χ3v) is 7.19. The Morgan fingerprint density at radius 3 is 2.72 bits per heavy atom. The van der Waals surface area contributed by atoms with Gasteiger partial charge in [0.05, 0.1) is 19.2 Å². The first-order valence-electron chi connectivity index (χ1n) is 12.6. The van der Waals surface area contributed by atoms with Crippen LogP contribution >= 0.6 is 0 Å². The van der Waals surface area contributed by atoms with Crippen LogP contribution in [0.5, 0.6) is 5.88 Å². The first-order valence-corrected chi connectivity index (χ1v) is 12.6. The molecule has 2 heterocycles. The number of urea groups is 1. The highest BCUT2D eigenvalue weighted by Crippen LogP contribution is 2.31. The Labute approximate surface area is 211 Å². The Balaban J connectivity index is 1.63. The number of aromatic nitrogens is 1. The van der Waals surface area contributed by atoms with Crippen molar-refractivity contribution in [2.75, 3.05) is 26.7 Å². The SMILES string of the molecule is C[C@H](CO)N1C[C@H](C)[C@H](CN(C)C(=O)NC2CCCC2)Oc2ncc(-c3ccccc3F)cc2C1=O. The predicted molar refractivity (Wildman–Crippen MR) is 134 cm³/mol. The predicted octanol–water partition coefficient (Wildman–Crippen LogP) is 3.69. The van der Waals surface area contributed by atoms with Crippen LogP contribution in [0, 0.1) is 11.7 Å². The third-order valence-electron chi connectivity index (χ3n) is 7.19. The number of benzene rings is 1. The largest absolute Gasteiger partial charge is 0.472 e. The molecule has 0 saturated heterocycles. The van der Waals surface area contributed by atoms with Crippen molar-refractivity contribution in [2.24, 2.45) is 5.92 Å². The Kier molecular flexibility index (Phi) is 8.08. The number of pyridine rings is 1. The molecule has 1 saturated carbocycles. The van der Waals surface area contributed by atoms with Crippen molar-refractivity contribution in [3.63, 3.8) is 0 Å². The highest BCUT2D eigenvalue weighted by molar-refractivity contribution is 5.98. The zero-order valence-electron chi connectivity index (χ0n) is 21.1. The molecule has 2 N–H and O–H groups in total. The van der Waals surface area contributed by atoms with E-state index in [1.165, 1.54) is 12.3 Å². The summed E-state index contributed by atoms with van der Waals surface area (Å²) in [5.74, 6) is -0.766. The molecule has 3 amide bonds. The fraction of sp³-hybridized carbons (Fsp3) is 0.519. The lowest BCUT2D eigenvalue weighted by molar-refractivity contribution is 0.0351. The van der Waals surface area contributed by atoms with Crippen LogP contribution in [0.2, 0.25) is 0 Å². The number of aliphatic hydroxyl groups is 1. The number of ether oxygens (including phenoxy) is 1. The second-order valence-electron chi connectivity index (χ2n) is 9.99. The lowest BCUT2D eigenvalue weighted by Gasteiger charge is -2.37. The van der Waals surface area contributed by atoms with E-state index in [0.717, 1.165) is 25.7 Å². The van der Waals surface area contributed by atoms with Crippen molar-refractivity contribution in [3.8, 4) is 17.0 Å². The molecule has 36 heavy (non-hydrogen) atoms. The molecule has 0 bridgehead atoms. The summed E-state index contributed by atoms with van der Waals surface area (Å²) in [4.78, 5) is 34.0. The molecular formula is C27H35FN4O4. The molecule has 194 valence electrons. The molecule has 2 aliphatic rings. The maximum absolute atomic E-state index is 14.5. The van der Waals surface area contributed by atoms with Crippen molar-refractivity contribution in [3.05, 3.63) is 47.9 Å². The van der Waals surface area contributed by atoms with Crippen molar-refractivity contribution in [1.82, 2.24) is 20.1 Å². The second-order valence-corrected chi connectivity index (χ2v) is 9.99. The second kappa shape index (κ2) is 11.2. The monoisotopic (exact) mass is 498 g/mol. The van der Waals surface area contributed by atoms with Gasteiger partial charge in [0.15, 0.2) is 0 Å². The number of carbonyl (C=O) groups is 2. The molecule has 4 rings (SSSR count). The molecule has 1 aromatic carbocycles. The van der Waals surface area contributed by atoms with E-state index in [2.05, 4.69) is 10.3 Å². The van der Waals surface area contributed by atoms with Gasteiger partial charge in [-0.2, -0.15) is 0 Å². The molecule has 1 aromatic heterocycles. The van der Waals surface area contributed by atoms with E-state index in [0.29, 0.717) is 24.2 Å². The summed E-state index contributed by atoms with van der Waals surface area (Å²) in [6.45, 7) is 4.15. The number of amides is 3. The molecule has 1 aliphatic heterocycles. The minimum absolute atomic E-state index is 0.136. The van der Waals surface area contributed by atoms with Gasteiger partial charge in [-0.05, 0) is 31.9 Å². The van der Waals surface area contributed by atoms with E-state index in [4.69, 9.17) is 4.74 Å². The Bertz CT molecular complexity index is 1090. The van der Waals surface area contributed by atoms with Crippen molar-refractivity contribution >= 4 is 11.9 Å². The summed E-state index contributed by atoms with van der Waals surface area (Å²) in [6, 6.07) is 7.50. The molecule has 8 nitrogen and oxygen atoms in total. The number of likely N-dealkylation sites (N-methyl/N-ethyl adjacent to an activating group) is 1. The maximum Gasteiger partial charge on any atom is 0.317 e. The smallest absolute Gasteiger partial charge is 0.317 e. The van der Waals surface area contributed by atoms with E-state index in [1.54, 1.807) is 48.0 Å². The van der Waals surface area contributed by atoms with Gasteiger partial charge in [-0.1, -0.05) is 38.0 Å². The first kappa shape index (κ1) is 25.9. The molecule has 1 fully saturated rings. The lowest BCUT2D eigenvalue weighted by Crippen LogP contribution is -2.52. The third kappa shape index (κ3) is 5.61. The van der Waals surface area contributed by atoms with Crippen LogP contribution in [-0.4, -0.2) is 76.8 Å². The van der Waals surface area contributed by atoms with Crippen LogP contribution < -0.4 is 10.1 Å². The quantitative estimate of drug-likeness (QED) is 0.634. The van der Waals surface area contributed by atoms with Gasteiger partial charge < -0.3 is 25.0 Å². The molecule has 0 radical (unpaired) electrons. The number of carbonyl (C=O) groups excluding carboxylic acids is 2. The highest BCUT2D eigenvalue weighted by atomic mass is 19.1. The van der Waals surface area contributed by atoms with Crippen LogP contribution in [0.15, 0.2) is 36.5 Å². The van der Waals surface area contributed by atoms with Crippen LogP contribution in [-0.2, 0) is 0 Å². The van der Waals surface area contributed by atoms with Crippen LogP contribution in [0.3, 0.4) is 0 Å². The molecular weight excluding hydrogens is 463 g/mol. The molecule has 3 atom stereocenters. The summed E-state index contributed by atoms with van der Waals surface area (Å²) in [7, 11) is 1.73. The lowest BCUT2D eigenvalue weighted by atomic mass is 9.99. The summed E-state index contributed by atoms with van der Waals surface area (Å²) in [5.41, 5.74) is 0.988. The van der Waals surface area contributed by atoms with E-state index in [1.807, 2.05) is 6.92 Å². The Hall–Kier alpha value is -3.20. The minimum atomic E-state index is -0.448. The van der Waals surface area contributed by atoms with Gasteiger partial charge in [0.25, 0.3) is 5.91 Å². The summed E-state index contributed by atoms with van der Waals surface area (Å²) < 4.78 is 20.7. The van der Waals surface area contributed by atoms with Gasteiger partial charge in [0.1, 0.15) is 17.5 Å². The molecule has 2 aromatic rings. The van der Waals surface area contributed by atoms with Gasteiger partial charge in [-0.3, -0.25) is 4.79 Å². The number of nitrogens with zero attached hydrogens (tertiary/aromatic N) is 3. The average Bonchev–Trinajstić information content (AvgIpc) is 3.38. The van der Waals surface area contributed by atoms with E-state index in [9.17, 15) is 19.1 Å². The number of nitrogens with one attached hydrogen (secondary N) is 1. The summed E-state index contributed by atoms with van der Waals surface area (Å²) in [6.07, 6.45) is 5.28. The van der Waals surface area contributed by atoms with Crippen molar-refractivity contribution in [1.29, 1.82) is 0 Å². The number of fused-ring (bicyclic) bond motifs is 1. The zero-order valence-corrected chi connectivity index (χ0v) is 21.1. The number of aliphatic hydroxyl groups excluding tert-OH is 1. The van der Waals surface area contributed by atoms with Crippen molar-refractivity contribution < 1.29 is 23.8 Å². The Morgan fingerprint density at radius 1 is 1.31 bits per heavy atom. The van der Waals surface area contributed by atoms with Gasteiger partial charge in [-0.15, -0.1) is 0 Å². The minimum Gasteiger partial charge on any atom is -0.472 e. The van der Waals surface area contributed by atoms with Crippen LogP contribution in [0.25, 0.3) is 11.1 Å². The molecule has 0 spiro atoms. The van der Waals surface area contributed by atoms with Crippen LogP contribution in [0.1, 0.15) is 49.9 Å². The van der Waals surface area contributed by atoms with Gasteiger partial charge in [-0.25, -0.2) is 14.2 Å². The zero-order chi connectivity index (χ0) is 25.8. The fourth-order valence-corrected chi connectivity index (χ4v) is 4.87. The summed E-state index contributed by atoms with van der Waals surface area (Å²) in [5, 5.41) is 12.9. The summed E-state index contributed by atoms with van der Waals surface area (Å²) >= 11 is 0. The molecule has 1 aliphatic carbocycles. The molecule has 0 unspecified atom stereocenters. The van der Waals surface area contributed by atoms with Gasteiger partial charge in [0.2, 0.25) is 5.88 Å². The Morgan fingerprint density at radius 2 is 2.03 bits per heavy atom. The van der Waals surface area contributed by atoms with Crippen LogP contribution in [0.4, 0.5) is 9.18 Å². The normalized spacial score (nSPS) is 21.2.